The Kier molecular flexibility index (Phi) is 7.64. The summed E-state index contributed by atoms with van der Waals surface area (Å²) in [6.07, 6.45) is -0.705. The number of halogens is 1. The molecule has 6 nitrogen and oxygen atoms in total. The zero-order valence-corrected chi connectivity index (χ0v) is 16.2. The highest BCUT2D eigenvalue weighted by molar-refractivity contribution is 6.30. The maximum Gasteiger partial charge on any atom is 0.338 e. The second kappa shape index (κ2) is 9.94. The number of methoxy groups -OCH3 is 1. The van der Waals surface area contributed by atoms with Crippen molar-refractivity contribution >= 4 is 29.2 Å². The highest BCUT2D eigenvalue weighted by Gasteiger charge is 2.16. The summed E-state index contributed by atoms with van der Waals surface area (Å²) < 4.78 is 15.6. The van der Waals surface area contributed by atoms with E-state index in [1.54, 1.807) is 49.4 Å². The molecule has 1 atom stereocenters. The smallest absolute Gasteiger partial charge is 0.338 e. The van der Waals surface area contributed by atoms with E-state index in [1.165, 1.54) is 7.11 Å². The summed E-state index contributed by atoms with van der Waals surface area (Å²) in [6.45, 7) is 4.04. The zero-order chi connectivity index (χ0) is 19.8. The van der Waals surface area contributed by atoms with Gasteiger partial charge in [0.15, 0.2) is 6.10 Å². The minimum atomic E-state index is -0.705. The van der Waals surface area contributed by atoms with Crippen molar-refractivity contribution in [2.45, 2.75) is 20.0 Å². The molecule has 0 aromatic heterocycles. The van der Waals surface area contributed by atoms with E-state index in [1.807, 2.05) is 6.92 Å². The lowest BCUT2D eigenvalue weighted by molar-refractivity contribution is -0.122. The van der Waals surface area contributed by atoms with Crippen molar-refractivity contribution in [2.24, 2.45) is 0 Å². The molecule has 1 amide bonds. The number of carbonyl (C=O) groups is 2. The fourth-order valence-electron chi connectivity index (χ4n) is 2.22. The molecular weight excluding hydrogens is 370 g/mol. The Morgan fingerprint density at radius 1 is 1.11 bits per heavy atom. The Morgan fingerprint density at radius 2 is 1.81 bits per heavy atom. The lowest BCUT2D eigenvalue weighted by Gasteiger charge is -2.16. The second-order valence-electron chi connectivity index (χ2n) is 5.87. The Bertz CT molecular complexity index is 791. The molecular formula is C20H22ClNO5. The van der Waals surface area contributed by atoms with E-state index in [4.69, 9.17) is 25.8 Å². The highest BCUT2D eigenvalue weighted by atomic mass is 35.5. The van der Waals surface area contributed by atoms with E-state index in [9.17, 15) is 9.59 Å². The average molecular weight is 392 g/mol. The SMILES string of the molecule is COCCOC(=O)c1ccc(NC(=O)C(C)Oc2ccc(Cl)cc2C)cc1. The molecule has 0 saturated heterocycles. The van der Waals surface area contributed by atoms with E-state index in [2.05, 4.69) is 5.32 Å². The molecule has 0 heterocycles. The monoisotopic (exact) mass is 391 g/mol. The molecule has 0 aliphatic carbocycles. The Morgan fingerprint density at radius 3 is 2.44 bits per heavy atom. The molecule has 2 aromatic carbocycles. The predicted octanol–water partition coefficient (Wildman–Crippen LogP) is 3.86. The molecule has 7 heteroatoms. The molecule has 144 valence electrons. The molecule has 2 rings (SSSR count). The van der Waals surface area contributed by atoms with Crippen molar-refractivity contribution in [3.05, 3.63) is 58.6 Å². The van der Waals surface area contributed by atoms with Gasteiger partial charge in [-0.1, -0.05) is 11.6 Å². The number of rotatable bonds is 8. The standard InChI is InChI=1S/C20H22ClNO5/c1-13-12-16(21)6-9-18(13)27-14(2)19(23)22-17-7-4-15(5-8-17)20(24)26-11-10-25-3/h4-9,12,14H,10-11H2,1-3H3,(H,22,23). The van der Waals surface area contributed by atoms with Crippen LogP contribution < -0.4 is 10.1 Å². The van der Waals surface area contributed by atoms with E-state index in [0.29, 0.717) is 28.6 Å². The van der Waals surface area contributed by atoms with Gasteiger partial charge in [0.1, 0.15) is 12.4 Å². The van der Waals surface area contributed by atoms with Gasteiger partial charge in [-0.3, -0.25) is 4.79 Å². The first-order valence-corrected chi connectivity index (χ1v) is 8.78. The summed E-state index contributed by atoms with van der Waals surface area (Å²) in [6, 6.07) is 11.6. The molecule has 0 aliphatic heterocycles. The van der Waals surface area contributed by atoms with Gasteiger partial charge in [-0.05, 0) is 61.9 Å². The van der Waals surface area contributed by atoms with Crippen LogP contribution in [-0.2, 0) is 14.3 Å². The predicted molar refractivity (Wildman–Crippen MR) is 104 cm³/mol. The molecule has 27 heavy (non-hydrogen) atoms. The van der Waals surface area contributed by atoms with Crippen LogP contribution in [0.3, 0.4) is 0 Å². The van der Waals surface area contributed by atoms with Crippen molar-refractivity contribution < 1.29 is 23.8 Å². The number of esters is 1. The van der Waals surface area contributed by atoms with Crippen LogP contribution in [0.15, 0.2) is 42.5 Å². The number of hydrogen-bond donors (Lipinski definition) is 1. The van der Waals surface area contributed by atoms with Crippen LogP contribution in [0.2, 0.25) is 5.02 Å². The average Bonchev–Trinajstić information content (AvgIpc) is 2.64. The number of ether oxygens (including phenoxy) is 3. The van der Waals surface area contributed by atoms with Crippen LogP contribution in [0, 0.1) is 6.92 Å². The number of benzene rings is 2. The Labute approximate surface area is 163 Å². The van der Waals surface area contributed by atoms with Crippen LogP contribution in [0.1, 0.15) is 22.8 Å². The number of amides is 1. The maximum absolute atomic E-state index is 12.3. The van der Waals surface area contributed by atoms with Crippen LogP contribution >= 0.6 is 11.6 Å². The number of anilines is 1. The van der Waals surface area contributed by atoms with Gasteiger partial charge in [-0.2, -0.15) is 0 Å². The third-order valence-corrected chi connectivity index (χ3v) is 3.95. The fraction of sp³-hybridized carbons (Fsp3) is 0.300. The molecule has 1 unspecified atom stereocenters. The lowest BCUT2D eigenvalue weighted by Crippen LogP contribution is -2.30. The first kappa shape index (κ1) is 20.7. The molecule has 0 fully saturated rings. The third kappa shape index (κ3) is 6.27. The largest absolute Gasteiger partial charge is 0.481 e. The molecule has 2 aromatic rings. The first-order valence-electron chi connectivity index (χ1n) is 8.40. The number of aryl methyl sites for hydroxylation is 1. The second-order valence-corrected chi connectivity index (χ2v) is 6.30. The van der Waals surface area contributed by atoms with Crippen molar-refractivity contribution in [1.82, 2.24) is 0 Å². The van der Waals surface area contributed by atoms with Crippen molar-refractivity contribution in [3.63, 3.8) is 0 Å². The van der Waals surface area contributed by atoms with Gasteiger partial charge in [0.2, 0.25) is 0 Å². The van der Waals surface area contributed by atoms with Gasteiger partial charge in [-0.15, -0.1) is 0 Å². The fourth-order valence-corrected chi connectivity index (χ4v) is 2.45. The van der Waals surface area contributed by atoms with E-state index >= 15 is 0 Å². The Balaban J connectivity index is 1.91. The van der Waals surface area contributed by atoms with Crippen molar-refractivity contribution in [2.75, 3.05) is 25.6 Å². The molecule has 0 aliphatic rings. The maximum atomic E-state index is 12.3. The van der Waals surface area contributed by atoms with Gasteiger partial charge in [0, 0.05) is 17.8 Å². The summed E-state index contributed by atoms with van der Waals surface area (Å²) in [5.74, 6) is -0.157. The number of hydrogen-bond acceptors (Lipinski definition) is 5. The molecule has 0 radical (unpaired) electrons. The lowest BCUT2D eigenvalue weighted by atomic mass is 10.2. The number of nitrogens with one attached hydrogen (secondary N) is 1. The quantitative estimate of drug-likeness (QED) is 0.546. The summed E-state index contributed by atoms with van der Waals surface area (Å²) in [4.78, 5) is 24.1. The van der Waals surface area contributed by atoms with Gasteiger partial charge < -0.3 is 19.5 Å². The van der Waals surface area contributed by atoms with E-state index in [-0.39, 0.29) is 12.5 Å². The van der Waals surface area contributed by atoms with Crippen molar-refractivity contribution in [1.29, 1.82) is 0 Å². The summed E-state index contributed by atoms with van der Waals surface area (Å²) in [5, 5.41) is 3.36. The van der Waals surface area contributed by atoms with Crippen LogP contribution in [0.4, 0.5) is 5.69 Å². The minimum absolute atomic E-state index is 0.187. The summed E-state index contributed by atoms with van der Waals surface area (Å²) >= 11 is 5.92. The highest BCUT2D eigenvalue weighted by Crippen LogP contribution is 2.23. The van der Waals surface area contributed by atoms with Crippen LogP contribution in [0.5, 0.6) is 5.75 Å². The first-order chi connectivity index (χ1) is 12.9. The van der Waals surface area contributed by atoms with Crippen LogP contribution in [-0.4, -0.2) is 38.3 Å². The molecule has 0 bridgehead atoms. The third-order valence-electron chi connectivity index (χ3n) is 3.72. The molecule has 0 saturated carbocycles. The van der Waals surface area contributed by atoms with Gasteiger partial charge in [-0.25, -0.2) is 4.79 Å². The van der Waals surface area contributed by atoms with E-state index < -0.39 is 12.1 Å². The van der Waals surface area contributed by atoms with E-state index in [0.717, 1.165) is 5.56 Å². The molecule has 1 N–H and O–H groups in total. The topological polar surface area (TPSA) is 73.9 Å². The summed E-state index contributed by atoms with van der Waals surface area (Å²) in [7, 11) is 1.53. The zero-order valence-electron chi connectivity index (χ0n) is 15.5. The summed E-state index contributed by atoms with van der Waals surface area (Å²) in [5.41, 5.74) is 1.79. The minimum Gasteiger partial charge on any atom is -0.481 e. The Hall–Kier alpha value is -2.57. The normalized spacial score (nSPS) is 11.6. The van der Waals surface area contributed by atoms with Crippen molar-refractivity contribution in [3.8, 4) is 5.75 Å². The molecule has 0 spiro atoms. The van der Waals surface area contributed by atoms with Gasteiger partial charge in [0.25, 0.3) is 5.91 Å². The van der Waals surface area contributed by atoms with Gasteiger partial charge >= 0.3 is 5.97 Å². The van der Waals surface area contributed by atoms with Crippen LogP contribution in [0.25, 0.3) is 0 Å². The number of carbonyl (C=O) groups excluding carboxylic acids is 2. The van der Waals surface area contributed by atoms with Gasteiger partial charge in [0.05, 0.1) is 12.2 Å².